The summed E-state index contributed by atoms with van der Waals surface area (Å²) in [5, 5.41) is 6.46. The van der Waals surface area contributed by atoms with Crippen LogP contribution < -0.4 is 15.4 Å². The topological polar surface area (TPSA) is 59.6 Å². The summed E-state index contributed by atoms with van der Waals surface area (Å²) >= 11 is 5.15. The number of methoxy groups -OCH3 is 2. The first-order valence-corrected chi connectivity index (χ1v) is 7.15. The van der Waals surface area contributed by atoms with E-state index in [0.717, 1.165) is 11.3 Å². The second-order valence-electron chi connectivity index (χ2n) is 4.71. The van der Waals surface area contributed by atoms with E-state index in [1.165, 1.54) is 7.11 Å². The van der Waals surface area contributed by atoms with E-state index < -0.39 is 5.97 Å². The molecule has 1 unspecified atom stereocenters. The fraction of sp³-hybridized carbons (Fsp3) is 0.250. The largest absolute Gasteiger partial charge is 0.496 e. The molecule has 0 radical (unpaired) electrons. The van der Waals surface area contributed by atoms with E-state index in [9.17, 15) is 4.79 Å². The van der Waals surface area contributed by atoms with Crippen LogP contribution in [0.1, 0.15) is 12.5 Å². The van der Waals surface area contributed by atoms with Crippen LogP contribution in [0.5, 0.6) is 5.75 Å². The summed E-state index contributed by atoms with van der Waals surface area (Å²) in [6, 6.07) is 7.28. The number of ether oxygens (including phenoxy) is 2. The monoisotopic (exact) mass is 318 g/mol. The van der Waals surface area contributed by atoms with Crippen LogP contribution in [0.15, 0.2) is 41.6 Å². The van der Waals surface area contributed by atoms with Gasteiger partial charge in [-0.3, -0.25) is 0 Å². The van der Waals surface area contributed by atoms with Gasteiger partial charge in [-0.15, -0.1) is 0 Å². The lowest BCUT2D eigenvalue weighted by Crippen LogP contribution is -2.48. The van der Waals surface area contributed by atoms with Crippen molar-refractivity contribution in [2.24, 2.45) is 0 Å². The van der Waals surface area contributed by atoms with E-state index in [-0.39, 0.29) is 6.04 Å². The fourth-order valence-corrected chi connectivity index (χ4v) is 2.54. The van der Waals surface area contributed by atoms with Gasteiger partial charge in [0.25, 0.3) is 0 Å². The predicted molar refractivity (Wildman–Crippen MR) is 89.4 cm³/mol. The Kier molecular flexibility index (Phi) is 5.16. The van der Waals surface area contributed by atoms with E-state index >= 15 is 0 Å². The molecule has 5 nitrogen and oxygen atoms in total. The lowest BCUT2D eigenvalue weighted by Gasteiger charge is -2.27. The highest BCUT2D eigenvalue weighted by Gasteiger charge is 2.27. The minimum absolute atomic E-state index is 0.355. The Morgan fingerprint density at radius 2 is 2.05 bits per heavy atom. The molecule has 0 saturated heterocycles. The van der Waals surface area contributed by atoms with Crippen molar-refractivity contribution in [2.75, 3.05) is 14.2 Å². The summed E-state index contributed by atoms with van der Waals surface area (Å²) in [7, 11) is 2.98. The molecule has 0 aromatic heterocycles. The molecule has 2 rings (SSSR count). The van der Waals surface area contributed by atoms with Gasteiger partial charge in [0, 0.05) is 11.3 Å². The van der Waals surface area contributed by atoms with Crippen molar-refractivity contribution in [3.05, 3.63) is 47.2 Å². The summed E-state index contributed by atoms with van der Waals surface area (Å²) in [5.41, 5.74) is 2.10. The van der Waals surface area contributed by atoms with Crippen molar-refractivity contribution in [2.45, 2.75) is 13.0 Å². The molecular formula is C16H18N2O3S. The Morgan fingerprint density at radius 1 is 1.32 bits per heavy atom. The molecule has 2 N–H and O–H groups in total. The predicted octanol–water partition coefficient (Wildman–Crippen LogP) is 2.00. The molecule has 22 heavy (non-hydrogen) atoms. The Hall–Kier alpha value is -2.34. The normalized spacial score (nSPS) is 18.0. The summed E-state index contributed by atoms with van der Waals surface area (Å²) in [6.07, 6.45) is 3.75. The molecule has 6 heteroatoms. The molecule has 1 aliphatic heterocycles. The molecule has 0 spiro atoms. The van der Waals surface area contributed by atoms with Crippen molar-refractivity contribution in [3.8, 4) is 5.75 Å². The summed E-state index contributed by atoms with van der Waals surface area (Å²) in [4.78, 5) is 12.0. The first kappa shape index (κ1) is 16.0. The quantitative estimate of drug-likeness (QED) is 0.654. The number of esters is 1. The number of thiocarbonyl (C=S) groups is 1. The zero-order valence-corrected chi connectivity index (χ0v) is 13.5. The van der Waals surface area contributed by atoms with Crippen molar-refractivity contribution in [3.63, 3.8) is 0 Å². The molecule has 116 valence electrons. The minimum Gasteiger partial charge on any atom is -0.496 e. The van der Waals surface area contributed by atoms with Crippen molar-refractivity contribution in [1.29, 1.82) is 0 Å². The molecule has 0 bridgehead atoms. The van der Waals surface area contributed by atoms with Gasteiger partial charge in [0.1, 0.15) is 5.75 Å². The Morgan fingerprint density at radius 3 is 2.73 bits per heavy atom. The number of benzene rings is 1. The molecule has 1 aromatic carbocycles. The van der Waals surface area contributed by atoms with Crippen LogP contribution in [-0.4, -0.2) is 31.3 Å². The van der Waals surface area contributed by atoms with Gasteiger partial charge in [-0.25, -0.2) is 4.79 Å². The van der Waals surface area contributed by atoms with Crippen LogP contribution in [0.3, 0.4) is 0 Å². The van der Waals surface area contributed by atoms with Crippen LogP contribution in [0.4, 0.5) is 0 Å². The molecule has 0 fully saturated rings. The second-order valence-corrected chi connectivity index (χ2v) is 5.12. The number of hydrogen-bond donors (Lipinski definition) is 2. The number of para-hydroxylation sites is 1. The molecule has 0 amide bonds. The Labute approximate surface area is 135 Å². The number of rotatable bonds is 4. The van der Waals surface area contributed by atoms with Crippen LogP contribution in [0.25, 0.3) is 6.08 Å². The number of carbonyl (C=O) groups is 1. The van der Waals surface area contributed by atoms with Crippen LogP contribution in [-0.2, 0) is 9.53 Å². The third-order valence-electron chi connectivity index (χ3n) is 3.32. The van der Waals surface area contributed by atoms with Crippen molar-refractivity contribution < 1.29 is 14.3 Å². The zero-order valence-electron chi connectivity index (χ0n) is 12.7. The Bertz CT molecular complexity index is 653. The highest BCUT2D eigenvalue weighted by Crippen LogP contribution is 2.21. The number of nitrogens with one attached hydrogen (secondary N) is 2. The van der Waals surface area contributed by atoms with Crippen LogP contribution >= 0.6 is 12.2 Å². The number of allylic oxidation sites excluding steroid dienone is 1. The van der Waals surface area contributed by atoms with E-state index in [2.05, 4.69) is 10.6 Å². The summed E-state index contributed by atoms with van der Waals surface area (Å²) < 4.78 is 10.2. The lowest BCUT2D eigenvalue weighted by atomic mass is 10.0. The molecule has 1 heterocycles. The molecule has 1 atom stereocenters. The Balaban J connectivity index is 2.33. The number of hydrogen-bond acceptors (Lipinski definition) is 4. The third-order valence-corrected chi connectivity index (χ3v) is 3.54. The van der Waals surface area contributed by atoms with Crippen molar-refractivity contribution in [1.82, 2.24) is 10.6 Å². The molecule has 0 aliphatic carbocycles. The maximum Gasteiger partial charge on any atom is 0.337 e. The van der Waals surface area contributed by atoms with Gasteiger partial charge in [-0.05, 0) is 25.2 Å². The highest BCUT2D eigenvalue weighted by molar-refractivity contribution is 7.80. The molecule has 1 aromatic rings. The lowest BCUT2D eigenvalue weighted by molar-refractivity contribution is -0.136. The van der Waals surface area contributed by atoms with Crippen molar-refractivity contribution >= 4 is 29.4 Å². The van der Waals surface area contributed by atoms with Gasteiger partial charge in [0.15, 0.2) is 5.11 Å². The van der Waals surface area contributed by atoms with E-state index in [1.807, 2.05) is 36.4 Å². The van der Waals surface area contributed by atoms with Gasteiger partial charge < -0.3 is 20.1 Å². The first-order chi connectivity index (χ1) is 10.6. The minimum atomic E-state index is -0.394. The van der Waals surface area contributed by atoms with E-state index in [1.54, 1.807) is 14.0 Å². The van der Waals surface area contributed by atoms with E-state index in [4.69, 9.17) is 21.7 Å². The summed E-state index contributed by atoms with van der Waals surface area (Å²) in [6.45, 7) is 1.79. The van der Waals surface area contributed by atoms with Gasteiger partial charge in [-0.2, -0.15) is 0 Å². The standard InChI is InChI=1S/C16H18N2O3S/c1-10-14(15(19)21-3)12(18-16(22)17-10)9-8-11-6-4-5-7-13(11)20-2/h4-9,12H,1-3H3,(H2,17,18,22). The fourth-order valence-electron chi connectivity index (χ4n) is 2.26. The average Bonchev–Trinajstić information content (AvgIpc) is 2.52. The van der Waals surface area contributed by atoms with Gasteiger partial charge >= 0.3 is 5.97 Å². The van der Waals surface area contributed by atoms with Crippen LogP contribution in [0.2, 0.25) is 0 Å². The zero-order chi connectivity index (χ0) is 16.1. The third kappa shape index (κ3) is 3.46. The SMILES string of the molecule is COC(=O)C1=C(C)NC(=S)NC1C=Cc1ccccc1OC. The maximum absolute atomic E-state index is 12.0. The molecule has 1 aliphatic rings. The maximum atomic E-state index is 12.0. The first-order valence-electron chi connectivity index (χ1n) is 6.74. The van der Waals surface area contributed by atoms with Crippen LogP contribution in [0, 0.1) is 0 Å². The van der Waals surface area contributed by atoms with Gasteiger partial charge in [0.2, 0.25) is 0 Å². The smallest absolute Gasteiger partial charge is 0.337 e. The summed E-state index contributed by atoms with van der Waals surface area (Å²) in [5.74, 6) is 0.366. The molecule has 0 saturated carbocycles. The van der Waals surface area contributed by atoms with E-state index in [0.29, 0.717) is 16.4 Å². The second kappa shape index (κ2) is 7.09. The number of carbonyl (C=O) groups excluding carboxylic acids is 1. The molecular weight excluding hydrogens is 300 g/mol. The average molecular weight is 318 g/mol. The van der Waals surface area contributed by atoms with Gasteiger partial charge in [-0.1, -0.05) is 30.4 Å². The highest BCUT2D eigenvalue weighted by atomic mass is 32.1. The van der Waals surface area contributed by atoms with Gasteiger partial charge in [0.05, 0.1) is 25.8 Å².